The molecule has 0 atom stereocenters. The molecule has 0 amide bonds. The molecule has 0 saturated heterocycles. The normalized spacial score (nSPS) is 12.4. The van der Waals surface area contributed by atoms with Crippen molar-refractivity contribution in [3.05, 3.63) is 71.7 Å². The zero-order valence-electron chi connectivity index (χ0n) is 16.8. The van der Waals surface area contributed by atoms with Gasteiger partial charge in [0.1, 0.15) is 17.6 Å². The molecule has 0 bridgehead atoms. The Hall–Kier alpha value is -3.23. The predicted octanol–water partition coefficient (Wildman–Crippen LogP) is 4.37. The van der Waals surface area contributed by atoms with Crippen LogP contribution in [-0.4, -0.2) is 40.7 Å². The van der Waals surface area contributed by atoms with Gasteiger partial charge in [0.2, 0.25) is 0 Å². The topological polar surface area (TPSA) is 151 Å². The molecule has 0 spiro atoms. The summed E-state index contributed by atoms with van der Waals surface area (Å²) in [6.45, 7) is 0. The summed E-state index contributed by atoms with van der Waals surface area (Å²) in [5.41, 5.74) is 1.77. The van der Waals surface area contributed by atoms with Crippen LogP contribution < -0.4 is 0 Å². The fourth-order valence-electron chi connectivity index (χ4n) is 3.71. The Morgan fingerprint density at radius 3 is 2.32 bits per heavy atom. The molecule has 5 rings (SSSR count). The highest BCUT2D eigenvalue weighted by Crippen LogP contribution is 2.41. The maximum Gasteiger partial charge on any atom is 0.362 e. The summed E-state index contributed by atoms with van der Waals surface area (Å²) in [5.74, 6) is 0. The number of nitrogens with zero attached hydrogens (tertiary/aromatic N) is 3. The molecule has 0 unspecified atom stereocenters. The molecular formula is C21H13BrN3O7S2+. The van der Waals surface area contributed by atoms with Gasteiger partial charge in [-0.05, 0) is 36.4 Å². The van der Waals surface area contributed by atoms with Crippen molar-refractivity contribution >= 4 is 58.1 Å². The standard InChI is InChI=1S/C21H12BrN3O7S2/c22-12-1-4-15-19(7-12)32-18-6-2-13(25-11-23-10-24-25)8-17(18)21(15)16-5-3-14(33(26,27)28)9-20(16)34(29,30)31/h1-11H,(H-,26,27,28,29,30,31)/p+1. The van der Waals surface area contributed by atoms with Crippen molar-refractivity contribution in [3.63, 3.8) is 0 Å². The molecule has 0 fully saturated rings. The maximum atomic E-state index is 12.3. The molecule has 2 N–H and O–H groups in total. The third kappa shape index (κ3) is 3.97. The minimum absolute atomic E-state index is 0.0127. The maximum absolute atomic E-state index is 12.3. The van der Waals surface area contributed by atoms with Crippen LogP contribution in [0.15, 0.2) is 85.9 Å². The van der Waals surface area contributed by atoms with Gasteiger partial charge in [0.05, 0.1) is 27.4 Å². The molecule has 13 heteroatoms. The molecule has 0 radical (unpaired) electrons. The first-order valence-electron chi connectivity index (χ1n) is 9.46. The highest BCUT2D eigenvalue weighted by atomic mass is 79.9. The Bertz CT molecular complexity index is 1820. The van der Waals surface area contributed by atoms with Crippen LogP contribution in [0.2, 0.25) is 0 Å². The highest BCUT2D eigenvalue weighted by Gasteiger charge is 2.27. The van der Waals surface area contributed by atoms with Crippen molar-refractivity contribution in [2.24, 2.45) is 0 Å². The smallest absolute Gasteiger partial charge is 0.282 e. The lowest BCUT2D eigenvalue weighted by molar-refractivity contribution is 0.481. The molecule has 0 saturated carbocycles. The number of aromatic nitrogens is 3. The minimum Gasteiger partial charge on any atom is -0.282 e. The van der Waals surface area contributed by atoms with Crippen molar-refractivity contribution in [2.75, 3.05) is 0 Å². The van der Waals surface area contributed by atoms with Crippen LogP contribution >= 0.6 is 15.9 Å². The number of rotatable bonds is 4. The largest absolute Gasteiger partial charge is 0.362 e. The van der Waals surface area contributed by atoms with Gasteiger partial charge in [-0.25, -0.2) is 14.1 Å². The average Bonchev–Trinajstić information content (AvgIpc) is 3.30. The molecule has 0 aliphatic rings. The van der Waals surface area contributed by atoms with Gasteiger partial charge < -0.3 is 0 Å². The van der Waals surface area contributed by atoms with Gasteiger partial charge in [-0.3, -0.25) is 9.11 Å². The summed E-state index contributed by atoms with van der Waals surface area (Å²) in [5, 5.41) is 5.06. The molecule has 2 aromatic heterocycles. The molecule has 2 heterocycles. The zero-order valence-corrected chi connectivity index (χ0v) is 20.0. The fraction of sp³-hybridized carbons (Fsp3) is 0. The van der Waals surface area contributed by atoms with E-state index < -0.39 is 30.0 Å². The lowest BCUT2D eigenvalue weighted by Gasteiger charge is -2.12. The van der Waals surface area contributed by atoms with E-state index in [2.05, 4.69) is 26.0 Å². The van der Waals surface area contributed by atoms with E-state index >= 15 is 0 Å². The number of hydrogen-bond donors (Lipinski definition) is 2. The van der Waals surface area contributed by atoms with Crippen molar-refractivity contribution < 1.29 is 30.4 Å². The van der Waals surface area contributed by atoms with E-state index in [1.54, 1.807) is 36.4 Å². The Balaban J connectivity index is 1.96. The third-order valence-corrected chi connectivity index (χ3v) is 7.38. The van der Waals surface area contributed by atoms with Crippen molar-refractivity contribution in [2.45, 2.75) is 9.79 Å². The first-order valence-corrected chi connectivity index (χ1v) is 13.1. The van der Waals surface area contributed by atoms with Crippen molar-refractivity contribution in [3.8, 4) is 16.8 Å². The zero-order chi connectivity index (χ0) is 24.3. The molecule has 3 aromatic carbocycles. The first-order chi connectivity index (χ1) is 16.0. The number of hydrogen-bond acceptors (Lipinski definition) is 6. The van der Waals surface area contributed by atoms with Crippen LogP contribution in [0, 0.1) is 0 Å². The molecule has 172 valence electrons. The average molecular weight is 563 g/mol. The SMILES string of the molecule is O=S(=O)(O)c1ccc(-c2c3ccc(Br)cc3[o+]c3ccc(-n4cncn4)cc23)c(S(=O)(=O)O)c1. The molecule has 34 heavy (non-hydrogen) atoms. The minimum atomic E-state index is -4.91. The van der Waals surface area contributed by atoms with E-state index in [4.69, 9.17) is 4.42 Å². The fourth-order valence-corrected chi connectivity index (χ4v) is 5.36. The Kier molecular flexibility index (Phi) is 5.26. The summed E-state index contributed by atoms with van der Waals surface area (Å²) < 4.78 is 75.5. The van der Waals surface area contributed by atoms with Crippen molar-refractivity contribution in [1.29, 1.82) is 0 Å². The van der Waals surface area contributed by atoms with Crippen LogP contribution in [-0.2, 0) is 20.2 Å². The molecular weight excluding hydrogens is 550 g/mol. The summed E-state index contributed by atoms with van der Waals surface area (Å²) >= 11 is 3.38. The molecule has 0 aliphatic carbocycles. The van der Waals surface area contributed by atoms with Crippen molar-refractivity contribution in [1.82, 2.24) is 14.8 Å². The van der Waals surface area contributed by atoms with Gasteiger partial charge in [0.15, 0.2) is 0 Å². The van der Waals surface area contributed by atoms with Crippen LogP contribution in [0.3, 0.4) is 0 Å². The number of fused-ring (bicyclic) bond motifs is 2. The Morgan fingerprint density at radius 1 is 0.853 bits per heavy atom. The lowest BCUT2D eigenvalue weighted by Crippen LogP contribution is -2.05. The summed E-state index contributed by atoms with van der Waals surface area (Å²) in [7, 11) is -9.64. The Labute approximate surface area is 201 Å². The van der Waals surface area contributed by atoms with Gasteiger partial charge in [0, 0.05) is 21.7 Å². The van der Waals surface area contributed by atoms with Gasteiger partial charge in [0.25, 0.3) is 20.2 Å². The van der Waals surface area contributed by atoms with Gasteiger partial charge in [-0.15, -0.1) is 0 Å². The second-order valence-electron chi connectivity index (χ2n) is 7.25. The quantitative estimate of drug-likeness (QED) is 0.185. The van der Waals surface area contributed by atoms with Gasteiger partial charge in [-0.1, -0.05) is 22.0 Å². The van der Waals surface area contributed by atoms with Crippen LogP contribution in [0.5, 0.6) is 0 Å². The number of halogens is 1. The number of benzene rings is 3. The van der Waals surface area contributed by atoms with Crippen LogP contribution in [0.1, 0.15) is 0 Å². The molecule has 5 aromatic rings. The second kappa shape index (κ2) is 7.92. The van der Waals surface area contributed by atoms with Crippen LogP contribution in [0.4, 0.5) is 0 Å². The lowest BCUT2D eigenvalue weighted by atomic mass is 9.97. The third-order valence-electron chi connectivity index (χ3n) is 5.15. The molecule has 0 aliphatic heterocycles. The first kappa shape index (κ1) is 22.6. The summed E-state index contributed by atoms with van der Waals surface area (Å²) in [6, 6.07) is 13.2. The van der Waals surface area contributed by atoms with E-state index in [-0.39, 0.29) is 5.56 Å². The van der Waals surface area contributed by atoms with Crippen LogP contribution in [0.25, 0.3) is 38.8 Å². The second-order valence-corrected chi connectivity index (χ2v) is 11.0. The van der Waals surface area contributed by atoms with Gasteiger partial charge in [-0.2, -0.15) is 21.9 Å². The van der Waals surface area contributed by atoms with E-state index in [0.717, 1.165) is 6.07 Å². The van der Waals surface area contributed by atoms with Gasteiger partial charge >= 0.3 is 11.2 Å². The van der Waals surface area contributed by atoms with E-state index in [1.807, 2.05) is 0 Å². The predicted molar refractivity (Wildman–Crippen MR) is 126 cm³/mol. The summed E-state index contributed by atoms with van der Waals surface area (Å²) in [6.07, 6.45) is 2.85. The monoisotopic (exact) mass is 562 g/mol. The molecule has 10 nitrogen and oxygen atoms in total. The summed E-state index contributed by atoms with van der Waals surface area (Å²) in [4.78, 5) is 2.56. The van der Waals surface area contributed by atoms with E-state index in [9.17, 15) is 25.9 Å². The Morgan fingerprint density at radius 2 is 1.65 bits per heavy atom. The van der Waals surface area contributed by atoms with E-state index in [1.165, 1.54) is 23.4 Å². The van der Waals surface area contributed by atoms with E-state index in [0.29, 0.717) is 43.7 Å². The highest BCUT2D eigenvalue weighted by molar-refractivity contribution is 9.10.